The Morgan fingerprint density at radius 3 is 2.67 bits per heavy atom. The summed E-state index contributed by atoms with van der Waals surface area (Å²) < 4.78 is 4.99. The van der Waals surface area contributed by atoms with E-state index in [0.717, 1.165) is 5.56 Å². The molecule has 1 fully saturated rings. The number of imide groups is 1. The Hall–Kier alpha value is -1.84. The highest BCUT2D eigenvalue weighted by atomic mass is 16.6. The van der Waals surface area contributed by atoms with Crippen molar-refractivity contribution in [2.75, 3.05) is 6.61 Å². The predicted octanol–water partition coefficient (Wildman–Crippen LogP) is 2.23. The van der Waals surface area contributed by atoms with Crippen LogP contribution in [0.1, 0.15) is 19.4 Å². The van der Waals surface area contributed by atoms with Gasteiger partial charge in [-0.05, 0) is 12.0 Å². The molecule has 0 radical (unpaired) electrons. The summed E-state index contributed by atoms with van der Waals surface area (Å²) in [5.41, 5.74) is 1.10. The summed E-state index contributed by atoms with van der Waals surface area (Å²) >= 11 is 0. The van der Waals surface area contributed by atoms with Gasteiger partial charge in [0.1, 0.15) is 6.61 Å². The molecule has 0 aromatic heterocycles. The highest BCUT2D eigenvalue weighted by molar-refractivity contribution is 5.94. The van der Waals surface area contributed by atoms with Crippen LogP contribution in [0.4, 0.5) is 4.79 Å². The summed E-state index contributed by atoms with van der Waals surface area (Å²) in [5.74, 6) is -0.368. The van der Waals surface area contributed by atoms with Crippen molar-refractivity contribution in [2.24, 2.45) is 5.92 Å². The van der Waals surface area contributed by atoms with Crippen LogP contribution in [-0.2, 0) is 16.0 Å². The van der Waals surface area contributed by atoms with Crippen molar-refractivity contribution < 1.29 is 14.3 Å². The van der Waals surface area contributed by atoms with Gasteiger partial charge < -0.3 is 4.74 Å². The molecule has 96 valence electrons. The summed E-state index contributed by atoms with van der Waals surface area (Å²) in [6.45, 7) is 3.85. The number of hydrogen-bond donors (Lipinski definition) is 0. The monoisotopic (exact) mass is 247 g/mol. The van der Waals surface area contributed by atoms with Gasteiger partial charge >= 0.3 is 6.09 Å². The van der Waals surface area contributed by atoms with E-state index in [1.807, 2.05) is 30.3 Å². The Morgan fingerprint density at radius 2 is 2.06 bits per heavy atom. The smallest absolute Gasteiger partial charge is 0.416 e. The van der Waals surface area contributed by atoms with Crippen molar-refractivity contribution in [1.82, 2.24) is 4.90 Å². The van der Waals surface area contributed by atoms with Crippen molar-refractivity contribution in [1.29, 1.82) is 0 Å². The first-order valence-electron chi connectivity index (χ1n) is 6.13. The first-order chi connectivity index (χ1) is 8.59. The summed E-state index contributed by atoms with van der Waals surface area (Å²) in [6, 6.07) is 9.62. The number of hydrogen-bond acceptors (Lipinski definition) is 3. The molecule has 4 nitrogen and oxygen atoms in total. The SMILES string of the molecule is CC(C)C(=O)N1C(=O)OC[C@H]1Cc1ccccc1. The molecule has 0 bridgehead atoms. The van der Waals surface area contributed by atoms with Crippen LogP contribution in [0.5, 0.6) is 0 Å². The highest BCUT2D eigenvalue weighted by Gasteiger charge is 2.38. The second-order valence-corrected chi connectivity index (χ2v) is 4.78. The Balaban J connectivity index is 2.12. The maximum Gasteiger partial charge on any atom is 0.416 e. The topological polar surface area (TPSA) is 46.6 Å². The minimum Gasteiger partial charge on any atom is -0.447 e. The Labute approximate surface area is 107 Å². The van der Waals surface area contributed by atoms with Crippen molar-refractivity contribution in [3.8, 4) is 0 Å². The molecular weight excluding hydrogens is 230 g/mol. The Morgan fingerprint density at radius 1 is 1.39 bits per heavy atom. The van der Waals surface area contributed by atoms with Crippen LogP contribution in [0.25, 0.3) is 0 Å². The summed E-state index contributed by atoms with van der Waals surface area (Å²) in [6.07, 6.45) is 0.125. The van der Waals surface area contributed by atoms with E-state index in [9.17, 15) is 9.59 Å². The van der Waals surface area contributed by atoms with Crippen LogP contribution in [0.2, 0.25) is 0 Å². The minimum atomic E-state index is -0.519. The van der Waals surface area contributed by atoms with Gasteiger partial charge in [-0.15, -0.1) is 0 Å². The molecule has 1 aliphatic rings. The van der Waals surface area contributed by atoms with E-state index in [-0.39, 0.29) is 24.5 Å². The highest BCUT2D eigenvalue weighted by Crippen LogP contribution is 2.19. The van der Waals surface area contributed by atoms with E-state index in [4.69, 9.17) is 4.74 Å². The second-order valence-electron chi connectivity index (χ2n) is 4.78. The average molecular weight is 247 g/mol. The van der Waals surface area contributed by atoms with Gasteiger partial charge in [0.25, 0.3) is 0 Å². The van der Waals surface area contributed by atoms with Gasteiger partial charge in [-0.1, -0.05) is 44.2 Å². The maximum absolute atomic E-state index is 12.0. The standard InChI is InChI=1S/C14H17NO3/c1-10(2)13(16)15-12(9-18-14(15)17)8-11-6-4-3-5-7-11/h3-7,10,12H,8-9H2,1-2H3/t12-/m1/s1. The summed E-state index contributed by atoms with van der Waals surface area (Å²) in [5, 5.41) is 0. The number of ether oxygens (including phenoxy) is 1. The molecule has 2 amide bonds. The van der Waals surface area contributed by atoms with E-state index >= 15 is 0 Å². The summed E-state index contributed by atoms with van der Waals surface area (Å²) in [4.78, 5) is 24.8. The van der Waals surface area contributed by atoms with Crippen LogP contribution >= 0.6 is 0 Å². The fourth-order valence-corrected chi connectivity index (χ4v) is 2.05. The lowest BCUT2D eigenvalue weighted by molar-refractivity contribution is -0.132. The van der Waals surface area contributed by atoms with E-state index in [0.29, 0.717) is 6.42 Å². The summed E-state index contributed by atoms with van der Waals surface area (Å²) in [7, 11) is 0. The zero-order valence-electron chi connectivity index (χ0n) is 10.6. The largest absolute Gasteiger partial charge is 0.447 e. The molecule has 2 rings (SSSR count). The van der Waals surface area contributed by atoms with Gasteiger partial charge in [0.05, 0.1) is 6.04 Å². The number of cyclic esters (lactones) is 1. The molecular formula is C14H17NO3. The van der Waals surface area contributed by atoms with Crippen molar-refractivity contribution in [3.05, 3.63) is 35.9 Å². The molecule has 0 spiro atoms. The van der Waals surface area contributed by atoms with E-state index < -0.39 is 6.09 Å². The van der Waals surface area contributed by atoms with Gasteiger partial charge in [0, 0.05) is 5.92 Å². The zero-order valence-corrected chi connectivity index (χ0v) is 10.6. The molecule has 4 heteroatoms. The Kier molecular flexibility index (Phi) is 3.65. The second kappa shape index (κ2) is 5.21. The molecule has 0 saturated carbocycles. The number of benzene rings is 1. The quantitative estimate of drug-likeness (QED) is 0.822. The normalized spacial score (nSPS) is 19.2. The fraction of sp³-hybridized carbons (Fsp3) is 0.429. The van der Waals surface area contributed by atoms with Crippen molar-refractivity contribution >= 4 is 12.0 Å². The van der Waals surface area contributed by atoms with Gasteiger partial charge in [0.2, 0.25) is 5.91 Å². The third-order valence-corrected chi connectivity index (χ3v) is 3.01. The predicted molar refractivity (Wildman–Crippen MR) is 67.0 cm³/mol. The van der Waals surface area contributed by atoms with Crippen LogP contribution in [-0.4, -0.2) is 29.5 Å². The third-order valence-electron chi connectivity index (χ3n) is 3.01. The zero-order chi connectivity index (χ0) is 13.1. The number of rotatable bonds is 3. The molecule has 1 heterocycles. The first kappa shape index (κ1) is 12.6. The Bertz CT molecular complexity index is 442. The number of carbonyl (C=O) groups excluding carboxylic acids is 2. The molecule has 1 atom stereocenters. The molecule has 18 heavy (non-hydrogen) atoms. The maximum atomic E-state index is 12.0. The molecule has 1 aromatic carbocycles. The fourth-order valence-electron chi connectivity index (χ4n) is 2.05. The van der Waals surface area contributed by atoms with Crippen LogP contribution in [0.3, 0.4) is 0 Å². The third kappa shape index (κ3) is 2.53. The molecule has 1 aromatic rings. The van der Waals surface area contributed by atoms with Gasteiger partial charge in [-0.25, -0.2) is 9.69 Å². The first-order valence-corrected chi connectivity index (χ1v) is 6.13. The molecule has 0 unspecified atom stereocenters. The van der Waals surface area contributed by atoms with Crippen molar-refractivity contribution in [2.45, 2.75) is 26.3 Å². The lowest BCUT2D eigenvalue weighted by Gasteiger charge is -2.21. The van der Waals surface area contributed by atoms with Crippen LogP contribution < -0.4 is 0 Å². The average Bonchev–Trinajstić information content (AvgIpc) is 2.71. The molecule has 1 saturated heterocycles. The lowest BCUT2D eigenvalue weighted by Crippen LogP contribution is -2.42. The van der Waals surface area contributed by atoms with E-state index in [1.165, 1.54) is 4.90 Å². The molecule has 0 aliphatic carbocycles. The minimum absolute atomic E-state index is 0.168. The van der Waals surface area contributed by atoms with E-state index in [2.05, 4.69) is 0 Å². The van der Waals surface area contributed by atoms with Crippen molar-refractivity contribution in [3.63, 3.8) is 0 Å². The van der Waals surface area contributed by atoms with E-state index in [1.54, 1.807) is 13.8 Å². The van der Waals surface area contributed by atoms with Gasteiger partial charge in [0.15, 0.2) is 0 Å². The lowest BCUT2D eigenvalue weighted by atomic mass is 10.0. The van der Waals surface area contributed by atoms with Crippen LogP contribution in [0.15, 0.2) is 30.3 Å². The number of amides is 2. The van der Waals surface area contributed by atoms with Crippen LogP contribution in [0, 0.1) is 5.92 Å². The number of carbonyl (C=O) groups is 2. The molecule has 0 N–H and O–H groups in total. The molecule has 1 aliphatic heterocycles. The van der Waals surface area contributed by atoms with Gasteiger partial charge in [-0.3, -0.25) is 4.79 Å². The van der Waals surface area contributed by atoms with Gasteiger partial charge in [-0.2, -0.15) is 0 Å². The number of nitrogens with zero attached hydrogens (tertiary/aromatic N) is 1.